The first-order chi connectivity index (χ1) is 11.3. The lowest BCUT2D eigenvalue weighted by Crippen LogP contribution is -2.42. The fourth-order valence-corrected chi connectivity index (χ4v) is 3.61. The molecule has 132 valence electrons. The molecule has 0 spiro atoms. The van der Waals surface area contributed by atoms with Gasteiger partial charge in [0.15, 0.2) is 0 Å². The number of carbonyl (C=O) groups excluding carboxylic acids is 2. The predicted molar refractivity (Wildman–Crippen MR) is 96.9 cm³/mol. The van der Waals surface area contributed by atoms with Crippen molar-refractivity contribution >= 4 is 17.5 Å². The van der Waals surface area contributed by atoms with Gasteiger partial charge < -0.3 is 16.0 Å². The molecular formula is C19H29N3O2. The Hall–Kier alpha value is -1.88. The van der Waals surface area contributed by atoms with Gasteiger partial charge in [0.1, 0.15) is 0 Å². The molecule has 0 saturated heterocycles. The summed E-state index contributed by atoms with van der Waals surface area (Å²) < 4.78 is 0. The number of nitrogens with two attached hydrogens (primary N) is 1. The van der Waals surface area contributed by atoms with Gasteiger partial charge in [0.25, 0.3) is 0 Å². The molecular weight excluding hydrogens is 302 g/mol. The van der Waals surface area contributed by atoms with Crippen LogP contribution >= 0.6 is 0 Å². The van der Waals surface area contributed by atoms with Gasteiger partial charge in [-0.3, -0.25) is 9.59 Å². The van der Waals surface area contributed by atoms with E-state index in [2.05, 4.69) is 5.32 Å². The molecule has 0 aromatic heterocycles. The van der Waals surface area contributed by atoms with Gasteiger partial charge >= 0.3 is 0 Å². The van der Waals surface area contributed by atoms with E-state index in [4.69, 9.17) is 5.73 Å². The largest absolute Gasteiger partial charge is 0.336 e. The molecule has 5 nitrogen and oxygen atoms in total. The van der Waals surface area contributed by atoms with Crippen LogP contribution in [0.3, 0.4) is 0 Å². The summed E-state index contributed by atoms with van der Waals surface area (Å²) in [5.74, 6) is -0.187. The van der Waals surface area contributed by atoms with Crippen LogP contribution in [0.25, 0.3) is 0 Å². The summed E-state index contributed by atoms with van der Waals surface area (Å²) in [6.07, 6.45) is 3.56. The number of rotatable bonds is 4. The summed E-state index contributed by atoms with van der Waals surface area (Å²) in [6, 6.07) is 4.19. The quantitative estimate of drug-likeness (QED) is 0.890. The van der Waals surface area contributed by atoms with Crippen LogP contribution in [-0.2, 0) is 9.59 Å². The average molecular weight is 331 g/mol. The van der Waals surface area contributed by atoms with E-state index in [0.29, 0.717) is 0 Å². The Morgan fingerprint density at radius 3 is 2.42 bits per heavy atom. The molecule has 1 aliphatic rings. The first kappa shape index (κ1) is 18.5. The van der Waals surface area contributed by atoms with E-state index in [-0.39, 0.29) is 30.3 Å². The van der Waals surface area contributed by atoms with Gasteiger partial charge in [-0.15, -0.1) is 0 Å². The van der Waals surface area contributed by atoms with Gasteiger partial charge in [-0.2, -0.15) is 0 Å². The molecule has 2 amide bonds. The van der Waals surface area contributed by atoms with E-state index in [1.807, 2.05) is 32.9 Å². The highest BCUT2D eigenvalue weighted by atomic mass is 16.2. The minimum absolute atomic E-state index is 0.0256. The Labute approximate surface area is 144 Å². The lowest BCUT2D eigenvalue weighted by Gasteiger charge is -2.29. The van der Waals surface area contributed by atoms with E-state index in [1.165, 1.54) is 10.5 Å². The smallest absolute Gasteiger partial charge is 0.243 e. The number of nitrogens with zero attached hydrogens (tertiary/aromatic N) is 1. The highest BCUT2D eigenvalue weighted by Crippen LogP contribution is 2.25. The number of hydrogen-bond acceptors (Lipinski definition) is 3. The maximum Gasteiger partial charge on any atom is 0.243 e. The first-order valence-corrected chi connectivity index (χ1v) is 8.66. The first-order valence-electron chi connectivity index (χ1n) is 8.66. The van der Waals surface area contributed by atoms with Crippen molar-refractivity contribution in [2.75, 3.05) is 18.9 Å². The van der Waals surface area contributed by atoms with E-state index in [1.54, 1.807) is 7.05 Å². The van der Waals surface area contributed by atoms with Gasteiger partial charge in [-0.1, -0.05) is 24.1 Å². The predicted octanol–water partition coefficient (Wildman–Crippen LogP) is 2.53. The number of carbonyl (C=O) groups is 2. The fourth-order valence-electron chi connectivity index (χ4n) is 3.61. The fraction of sp³-hybridized carbons (Fsp3) is 0.579. The standard InChI is InChI=1S/C19H29N3O2/c1-12-8-13(2)18(14(3)9-12)21-17(23)11-22(4)19(24)15-6-5-7-16(20)10-15/h8-9,15-16H,5-7,10-11,20H2,1-4H3,(H,21,23). The van der Waals surface area contributed by atoms with E-state index in [0.717, 1.165) is 42.5 Å². The Morgan fingerprint density at radius 2 is 1.83 bits per heavy atom. The van der Waals surface area contributed by atoms with E-state index < -0.39 is 0 Å². The zero-order valence-corrected chi connectivity index (χ0v) is 15.2. The third-order valence-corrected chi connectivity index (χ3v) is 4.76. The molecule has 5 heteroatoms. The van der Waals surface area contributed by atoms with Crippen LogP contribution in [0.4, 0.5) is 5.69 Å². The molecule has 1 aromatic carbocycles. The number of aryl methyl sites for hydroxylation is 3. The molecule has 2 unspecified atom stereocenters. The lowest BCUT2D eigenvalue weighted by molar-refractivity contribution is -0.138. The third kappa shape index (κ3) is 4.57. The zero-order chi connectivity index (χ0) is 17.9. The van der Waals surface area contributed by atoms with Crippen LogP contribution in [0.5, 0.6) is 0 Å². The Balaban J connectivity index is 1.95. The topological polar surface area (TPSA) is 75.4 Å². The second kappa shape index (κ2) is 7.79. The summed E-state index contributed by atoms with van der Waals surface area (Å²) >= 11 is 0. The van der Waals surface area contributed by atoms with Crippen LogP contribution in [-0.4, -0.2) is 36.3 Å². The van der Waals surface area contributed by atoms with Crippen LogP contribution < -0.4 is 11.1 Å². The van der Waals surface area contributed by atoms with Crippen molar-refractivity contribution in [3.05, 3.63) is 28.8 Å². The van der Waals surface area contributed by atoms with Crippen molar-refractivity contribution in [1.29, 1.82) is 0 Å². The Kier molecular flexibility index (Phi) is 5.99. The van der Waals surface area contributed by atoms with Gasteiger partial charge in [0.05, 0.1) is 6.54 Å². The number of likely N-dealkylation sites (N-methyl/N-ethyl adjacent to an activating group) is 1. The van der Waals surface area contributed by atoms with Crippen molar-refractivity contribution in [3.8, 4) is 0 Å². The van der Waals surface area contributed by atoms with Gasteiger partial charge in [0, 0.05) is 24.7 Å². The van der Waals surface area contributed by atoms with E-state index >= 15 is 0 Å². The van der Waals surface area contributed by atoms with Crippen LogP contribution in [0.15, 0.2) is 12.1 Å². The minimum Gasteiger partial charge on any atom is -0.336 e. The number of nitrogens with one attached hydrogen (secondary N) is 1. The maximum absolute atomic E-state index is 12.5. The molecule has 0 bridgehead atoms. The highest BCUT2D eigenvalue weighted by molar-refractivity contribution is 5.96. The summed E-state index contributed by atoms with van der Waals surface area (Å²) in [6.45, 7) is 6.06. The molecule has 1 aromatic rings. The van der Waals surface area contributed by atoms with Gasteiger partial charge in [0.2, 0.25) is 11.8 Å². The normalized spacial score (nSPS) is 20.5. The van der Waals surface area contributed by atoms with Gasteiger partial charge in [-0.05, 0) is 51.2 Å². The molecule has 2 rings (SSSR count). The minimum atomic E-state index is -0.166. The number of benzene rings is 1. The van der Waals surface area contributed by atoms with Crippen LogP contribution in [0, 0.1) is 26.7 Å². The number of anilines is 1. The molecule has 0 heterocycles. The van der Waals surface area contributed by atoms with Crippen molar-refractivity contribution in [3.63, 3.8) is 0 Å². The highest BCUT2D eigenvalue weighted by Gasteiger charge is 2.28. The SMILES string of the molecule is Cc1cc(C)c(NC(=O)CN(C)C(=O)C2CCCC(N)C2)c(C)c1. The molecule has 0 aliphatic heterocycles. The molecule has 2 atom stereocenters. The molecule has 24 heavy (non-hydrogen) atoms. The number of amides is 2. The van der Waals surface area contributed by atoms with Gasteiger partial charge in [-0.25, -0.2) is 0 Å². The molecule has 0 radical (unpaired) electrons. The van der Waals surface area contributed by atoms with Crippen LogP contribution in [0.1, 0.15) is 42.4 Å². The monoisotopic (exact) mass is 331 g/mol. The van der Waals surface area contributed by atoms with Crippen molar-refractivity contribution < 1.29 is 9.59 Å². The second-order valence-corrected chi connectivity index (χ2v) is 7.14. The van der Waals surface area contributed by atoms with Crippen LogP contribution in [0.2, 0.25) is 0 Å². The summed E-state index contributed by atoms with van der Waals surface area (Å²) in [5.41, 5.74) is 10.0. The van der Waals surface area contributed by atoms with Crippen molar-refractivity contribution in [2.45, 2.75) is 52.5 Å². The maximum atomic E-state index is 12.5. The second-order valence-electron chi connectivity index (χ2n) is 7.14. The zero-order valence-electron chi connectivity index (χ0n) is 15.2. The molecule has 1 saturated carbocycles. The van der Waals surface area contributed by atoms with Crippen molar-refractivity contribution in [1.82, 2.24) is 4.90 Å². The molecule has 1 aliphatic carbocycles. The molecule has 1 fully saturated rings. The summed E-state index contributed by atoms with van der Waals surface area (Å²) in [4.78, 5) is 26.4. The summed E-state index contributed by atoms with van der Waals surface area (Å²) in [5, 5.41) is 2.95. The van der Waals surface area contributed by atoms with E-state index in [9.17, 15) is 9.59 Å². The van der Waals surface area contributed by atoms with Crippen molar-refractivity contribution in [2.24, 2.45) is 11.7 Å². The summed E-state index contributed by atoms with van der Waals surface area (Å²) in [7, 11) is 1.69. The molecule has 3 N–H and O–H groups in total. The Morgan fingerprint density at radius 1 is 1.21 bits per heavy atom. The number of hydrogen-bond donors (Lipinski definition) is 2. The lowest BCUT2D eigenvalue weighted by atomic mass is 9.85. The third-order valence-electron chi connectivity index (χ3n) is 4.76. The Bertz CT molecular complexity index is 604. The average Bonchev–Trinajstić information content (AvgIpc) is 2.50.